The molecule has 1 aromatic carbocycles. The molecule has 0 radical (unpaired) electrons. The molecule has 0 unspecified atom stereocenters. The topological polar surface area (TPSA) is 34.1 Å². The predicted molar refractivity (Wildman–Crippen MR) is 58.1 cm³/mol. The molecule has 1 fully saturated rings. The van der Waals surface area contributed by atoms with E-state index in [-0.39, 0.29) is 11.6 Å². The number of Topliss-reactive ketones (excluding diaryl/α,β-unsaturated/α-hetero) is 2. The summed E-state index contributed by atoms with van der Waals surface area (Å²) in [6.07, 6.45) is 1.37. The van der Waals surface area contributed by atoms with Crippen LogP contribution in [0.4, 0.5) is 0 Å². The number of hydrogen-bond acceptors (Lipinski definition) is 2. The third-order valence-corrected chi connectivity index (χ3v) is 3.22. The first kappa shape index (κ1) is 10.4. The molecule has 0 spiro atoms. The molecular weight excluding hydrogens is 212 g/mol. The molecule has 1 aliphatic rings. The number of rotatable bonds is 3. The largest absolute Gasteiger partial charge is 0.299 e. The summed E-state index contributed by atoms with van der Waals surface area (Å²) >= 11 is 5.73. The zero-order valence-corrected chi connectivity index (χ0v) is 9.17. The van der Waals surface area contributed by atoms with E-state index in [1.54, 1.807) is 24.3 Å². The van der Waals surface area contributed by atoms with Gasteiger partial charge in [-0.1, -0.05) is 11.6 Å². The monoisotopic (exact) mass is 222 g/mol. The Morgan fingerprint density at radius 3 is 2.13 bits per heavy atom. The van der Waals surface area contributed by atoms with Crippen LogP contribution in [0.3, 0.4) is 0 Å². The van der Waals surface area contributed by atoms with Gasteiger partial charge in [0.2, 0.25) is 0 Å². The highest BCUT2D eigenvalue weighted by Crippen LogP contribution is 2.49. The smallest absolute Gasteiger partial charge is 0.176 e. The van der Waals surface area contributed by atoms with E-state index in [1.165, 1.54) is 6.92 Å². The van der Waals surface area contributed by atoms with Crippen LogP contribution in [0.1, 0.15) is 30.1 Å². The third kappa shape index (κ3) is 1.70. The van der Waals surface area contributed by atoms with Crippen molar-refractivity contribution < 1.29 is 9.59 Å². The Bertz CT molecular complexity index is 416. The predicted octanol–water partition coefficient (Wildman–Crippen LogP) is 2.89. The van der Waals surface area contributed by atoms with Crippen molar-refractivity contribution in [3.05, 3.63) is 34.9 Å². The summed E-state index contributed by atoms with van der Waals surface area (Å²) in [6, 6.07) is 6.69. The molecule has 0 atom stereocenters. The van der Waals surface area contributed by atoms with Crippen LogP contribution < -0.4 is 0 Å². The number of hydrogen-bond donors (Lipinski definition) is 0. The maximum absolute atomic E-state index is 12.0. The van der Waals surface area contributed by atoms with E-state index in [0.717, 1.165) is 0 Å². The van der Waals surface area contributed by atoms with Crippen molar-refractivity contribution in [1.29, 1.82) is 0 Å². The van der Waals surface area contributed by atoms with Gasteiger partial charge >= 0.3 is 0 Å². The van der Waals surface area contributed by atoms with Crippen LogP contribution in [0, 0.1) is 5.41 Å². The number of halogens is 1. The van der Waals surface area contributed by atoms with Crippen LogP contribution in [0.5, 0.6) is 0 Å². The van der Waals surface area contributed by atoms with E-state index in [9.17, 15) is 9.59 Å². The van der Waals surface area contributed by atoms with Gasteiger partial charge in [0.1, 0.15) is 5.78 Å². The Balaban J connectivity index is 2.29. The van der Waals surface area contributed by atoms with Crippen molar-refractivity contribution in [3.8, 4) is 0 Å². The Labute approximate surface area is 93.2 Å². The molecule has 2 nitrogen and oxygen atoms in total. The second-order valence-corrected chi connectivity index (χ2v) is 4.41. The number of benzene rings is 1. The van der Waals surface area contributed by atoms with Gasteiger partial charge in [-0.25, -0.2) is 0 Å². The molecule has 3 heteroatoms. The molecule has 0 aliphatic heterocycles. The molecule has 0 heterocycles. The molecule has 0 bridgehead atoms. The summed E-state index contributed by atoms with van der Waals surface area (Å²) in [5.41, 5.74) is -0.138. The van der Waals surface area contributed by atoms with E-state index in [2.05, 4.69) is 0 Å². The van der Waals surface area contributed by atoms with Crippen LogP contribution in [0.25, 0.3) is 0 Å². The molecule has 15 heavy (non-hydrogen) atoms. The molecule has 78 valence electrons. The minimum Gasteiger partial charge on any atom is -0.299 e. The number of carbonyl (C=O) groups is 2. The molecule has 1 saturated carbocycles. The van der Waals surface area contributed by atoms with E-state index >= 15 is 0 Å². The van der Waals surface area contributed by atoms with Gasteiger partial charge in [-0.3, -0.25) is 9.59 Å². The first-order valence-electron chi connectivity index (χ1n) is 4.88. The van der Waals surface area contributed by atoms with Crippen LogP contribution in [-0.4, -0.2) is 11.6 Å². The lowest BCUT2D eigenvalue weighted by Gasteiger charge is -2.09. The summed E-state index contributed by atoms with van der Waals surface area (Å²) in [5.74, 6) is -0.0888. The molecule has 0 amide bonds. The van der Waals surface area contributed by atoms with Crippen molar-refractivity contribution in [2.24, 2.45) is 5.41 Å². The first-order chi connectivity index (χ1) is 7.06. The van der Waals surface area contributed by atoms with Crippen molar-refractivity contribution in [1.82, 2.24) is 0 Å². The lowest BCUT2D eigenvalue weighted by molar-refractivity contribution is -0.120. The average molecular weight is 223 g/mol. The molecule has 2 rings (SSSR count). The van der Waals surface area contributed by atoms with E-state index in [1.807, 2.05) is 0 Å². The fourth-order valence-electron chi connectivity index (χ4n) is 1.74. The van der Waals surface area contributed by atoms with Gasteiger partial charge in [0.15, 0.2) is 5.78 Å². The van der Waals surface area contributed by atoms with E-state index < -0.39 is 5.41 Å². The van der Waals surface area contributed by atoms with Crippen LogP contribution in [0.15, 0.2) is 24.3 Å². The van der Waals surface area contributed by atoms with Gasteiger partial charge in [-0.2, -0.15) is 0 Å². The van der Waals surface area contributed by atoms with Crippen LogP contribution in [-0.2, 0) is 4.79 Å². The molecule has 0 saturated heterocycles. The second-order valence-electron chi connectivity index (χ2n) is 3.97. The van der Waals surface area contributed by atoms with Gasteiger partial charge in [-0.05, 0) is 44.0 Å². The SMILES string of the molecule is CC(=O)C1(C(=O)c2ccc(Cl)cc2)CC1. The minimum atomic E-state index is -0.714. The Kier molecular flexibility index (Phi) is 2.39. The van der Waals surface area contributed by atoms with Gasteiger partial charge in [0.05, 0.1) is 5.41 Å². The zero-order chi connectivity index (χ0) is 11.1. The van der Waals surface area contributed by atoms with E-state index in [4.69, 9.17) is 11.6 Å². The molecule has 1 aromatic rings. The molecular formula is C12H11ClO2. The maximum atomic E-state index is 12.0. The van der Waals surface area contributed by atoms with Crippen molar-refractivity contribution >= 4 is 23.2 Å². The molecule has 1 aliphatic carbocycles. The van der Waals surface area contributed by atoms with Gasteiger partial charge in [-0.15, -0.1) is 0 Å². The van der Waals surface area contributed by atoms with Gasteiger partial charge in [0, 0.05) is 10.6 Å². The highest BCUT2D eigenvalue weighted by molar-refractivity contribution is 6.30. The fraction of sp³-hybridized carbons (Fsp3) is 0.333. The van der Waals surface area contributed by atoms with Crippen molar-refractivity contribution in [2.75, 3.05) is 0 Å². The highest BCUT2D eigenvalue weighted by Gasteiger charge is 2.53. The van der Waals surface area contributed by atoms with Crippen LogP contribution in [0.2, 0.25) is 5.02 Å². The second kappa shape index (κ2) is 3.46. The Morgan fingerprint density at radius 2 is 1.73 bits per heavy atom. The summed E-state index contributed by atoms with van der Waals surface area (Å²) in [6.45, 7) is 1.49. The van der Waals surface area contributed by atoms with Gasteiger partial charge in [0.25, 0.3) is 0 Å². The third-order valence-electron chi connectivity index (χ3n) is 2.96. The summed E-state index contributed by atoms with van der Waals surface area (Å²) in [5, 5.41) is 0.597. The Morgan fingerprint density at radius 1 is 1.20 bits per heavy atom. The van der Waals surface area contributed by atoms with Crippen molar-refractivity contribution in [2.45, 2.75) is 19.8 Å². The number of ketones is 2. The Hall–Kier alpha value is -1.15. The summed E-state index contributed by atoms with van der Waals surface area (Å²) in [4.78, 5) is 23.4. The van der Waals surface area contributed by atoms with Gasteiger partial charge < -0.3 is 0 Å². The molecule has 0 N–H and O–H groups in total. The fourth-order valence-corrected chi connectivity index (χ4v) is 1.87. The normalized spacial score (nSPS) is 17.2. The minimum absolute atomic E-state index is 0.0255. The van der Waals surface area contributed by atoms with E-state index in [0.29, 0.717) is 23.4 Å². The van der Waals surface area contributed by atoms with Crippen LogP contribution >= 0.6 is 11.6 Å². The maximum Gasteiger partial charge on any atom is 0.176 e. The quantitative estimate of drug-likeness (QED) is 0.582. The zero-order valence-electron chi connectivity index (χ0n) is 8.42. The highest BCUT2D eigenvalue weighted by atomic mass is 35.5. The lowest BCUT2D eigenvalue weighted by atomic mass is 9.91. The summed E-state index contributed by atoms with van der Waals surface area (Å²) < 4.78 is 0. The number of carbonyl (C=O) groups excluding carboxylic acids is 2. The standard InChI is InChI=1S/C12H11ClO2/c1-8(14)12(6-7-12)11(15)9-2-4-10(13)5-3-9/h2-5H,6-7H2,1H3. The first-order valence-corrected chi connectivity index (χ1v) is 5.25. The molecule has 0 aromatic heterocycles. The summed E-state index contributed by atoms with van der Waals surface area (Å²) in [7, 11) is 0. The average Bonchev–Trinajstić information content (AvgIpc) is 2.98. The van der Waals surface area contributed by atoms with Crippen molar-refractivity contribution in [3.63, 3.8) is 0 Å². The lowest BCUT2D eigenvalue weighted by Crippen LogP contribution is -2.23.